The van der Waals surface area contributed by atoms with E-state index in [1.54, 1.807) is 0 Å². The van der Waals surface area contributed by atoms with Crippen LogP contribution in [0.3, 0.4) is 0 Å². The van der Waals surface area contributed by atoms with Gasteiger partial charge in [0.05, 0.1) is 19.8 Å². The molecule has 2 aliphatic rings. The maximum absolute atomic E-state index is 13.0. The van der Waals surface area contributed by atoms with E-state index in [-0.39, 0.29) is 26.1 Å². The van der Waals surface area contributed by atoms with Crippen LogP contribution in [-0.2, 0) is 38.0 Å². The highest BCUT2D eigenvalue weighted by atomic mass is 16.7. The van der Waals surface area contributed by atoms with Gasteiger partial charge in [0.25, 0.3) is 0 Å². The average molecular weight is 933 g/mol. The van der Waals surface area contributed by atoms with E-state index in [1.165, 1.54) is 116 Å². The molecule has 0 amide bonds. The molecule has 0 bridgehead atoms. The Morgan fingerprint density at radius 3 is 1.35 bits per heavy atom. The van der Waals surface area contributed by atoms with Crippen LogP contribution < -0.4 is 0 Å². The van der Waals surface area contributed by atoms with Crippen LogP contribution in [0, 0.1) is 0 Å². The number of hydrogen-bond acceptors (Lipinski definition) is 15. The molecule has 7 N–H and O–H groups in total. The number of hydrogen-bond donors (Lipinski definition) is 7. The largest absolute Gasteiger partial charge is 0.462 e. The Hall–Kier alpha value is -1.76. The first-order chi connectivity index (χ1) is 31.5. The number of esters is 2. The summed E-state index contributed by atoms with van der Waals surface area (Å²) >= 11 is 0. The van der Waals surface area contributed by atoms with Crippen molar-refractivity contribution in [1.82, 2.24) is 0 Å². The van der Waals surface area contributed by atoms with Crippen molar-refractivity contribution >= 4 is 11.9 Å². The molecule has 4 unspecified atom stereocenters. The quantitative estimate of drug-likeness (QED) is 0.0187. The van der Waals surface area contributed by atoms with Crippen LogP contribution >= 0.6 is 0 Å². The lowest BCUT2D eigenvalue weighted by atomic mass is 9.98. The molecule has 382 valence electrons. The molecule has 0 aromatic rings. The summed E-state index contributed by atoms with van der Waals surface area (Å²) in [5.41, 5.74) is 0. The van der Waals surface area contributed by atoms with Gasteiger partial charge in [-0.05, 0) is 38.5 Å². The molecule has 0 spiro atoms. The van der Waals surface area contributed by atoms with Gasteiger partial charge in [-0.25, -0.2) is 0 Å². The third-order valence-corrected chi connectivity index (χ3v) is 12.5. The van der Waals surface area contributed by atoms with E-state index in [4.69, 9.17) is 28.4 Å². The number of rotatable bonds is 40. The number of allylic oxidation sites excluding steroid dienone is 2. The second-order valence-electron chi connectivity index (χ2n) is 18.4. The van der Waals surface area contributed by atoms with Gasteiger partial charge >= 0.3 is 11.9 Å². The normalized spacial score (nSPS) is 26.4. The Morgan fingerprint density at radius 2 is 0.877 bits per heavy atom. The van der Waals surface area contributed by atoms with Crippen molar-refractivity contribution in [2.45, 2.75) is 268 Å². The Kier molecular flexibility index (Phi) is 34.8. The van der Waals surface area contributed by atoms with E-state index >= 15 is 0 Å². The summed E-state index contributed by atoms with van der Waals surface area (Å²) < 4.78 is 33.5. The van der Waals surface area contributed by atoms with E-state index < -0.39 is 92.7 Å². The van der Waals surface area contributed by atoms with Gasteiger partial charge in [-0.1, -0.05) is 161 Å². The average Bonchev–Trinajstić information content (AvgIpc) is 3.30. The zero-order valence-electron chi connectivity index (χ0n) is 40.2. The van der Waals surface area contributed by atoms with Crippen molar-refractivity contribution in [3.63, 3.8) is 0 Å². The van der Waals surface area contributed by atoms with Crippen molar-refractivity contribution in [3.8, 4) is 0 Å². The molecule has 15 nitrogen and oxygen atoms in total. The third-order valence-electron chi connectivity index (χ3n) is 12.5. The Balaban J connectivity index is 1.78. The summed E-state index contributed by atoms with van der Waals surface area (Å²) in [5, 5.41) is 72.0. The van der Waals surface area contributed by atoms with Crippen molar-refractivity contribution in [1.29, 1.82) is 0 Å². The van der Waals surface area contributed by atoms with E-state index in [9.17, 15) is 45.3 Å². The van der Waals surface area contributed by atoms with Gasteiger partial charge in [0.2, 0.25) is 0 Å². The summed E-state index contributed by atoms with van der Waals surface area (Å²) in [6, 6.07) is 0. The van der Waals surface area contributed by atoms with E-state index in [2.05, 4.69) is 26.0 Å². The van der Waals surface area contributed by atoms with Crippen LogP contribution in [0.2, 0.25) is 0 Å². The van der Waals surface area contributed by atoms with Crippen LogP contribution in [0.4, 0.5) is 0 Å². The van der Waals surface area contributed by atoms with Crippen LogP contribution in [0.15, 0.2) is 12.2 Å². The molecule has 65 heavy (non-hydrogen) atoms. The molecule has 2 saturated heterocycles. The minimum Gasteiger partial charge on any atom is -0.462 e. The highest BCUT2D eigenvalue weighted by Crippen LogP contribution is 2.26. The van der Waals surface area contributed by atoms with Crippen molar-refractivity contribution in [2.75, 3.05) is 26.4 Å². The lowest BCUT2D eigenvalue weighted by Crippen LogP contribution is -2.61. The number of aliphatic hydroxyl groups excluding tert-OH is 7. The molecule has 0 aromatic heterocycles. The molecule has 0 aromatic carbocycles. The lowest BCUT2D eigenvalue weighted by Gasteiger charge is -2.42. The molecule has 2 aliphatic heterocycles. The fourth-order valence-corrected chi connectivity index (χ4v) is 8.21. The number of carbonyl (C=O) groups is 2. The first kappa shape index (κ1) is 59.4. The first-order valence-corrected chi connectivity index (χ1v) is 25.8. The second kappa shape index (κ2) is 38.1. The van der Waals surface area contributed by atoms with Crippen LogP contribution in [0.5, 0.6) is 0 Å². The summed E-state index contributed by atoms with van der Waals surface area (Å²) in [6.07, 6.45) is 19.6. The SMILES string of the molecule is CCCCCCCC/C=C/CCCCCCCCCCCC(=O)O[C@H](COC(=O)CCCCCCCCCCCC)CO[C@H]1O[C@@H](CO[C@H]2O[C@@H](CO)[C@@H](O)C(O)C2O)[C@@H](O)C(O)C1O. The van der Waals surface area contributed by atoms with Gasteiger partial charge in [0.1, 0.15) is 55.4 Å². The van der Waals surface area contributed by atoms with Gasteiger partial charge in [-0.2, -0.15) is 0 Å². The van der Waals surface area contributed by atoms with Gasteiger partial charge in [-0.3, -0.25) is 9.59 Å². The zero-order chi connectivity index (χ0) is 47.5. The van der Waals surface area contributed by atoms with Crippen molar-refractivity contribution < 1.29 is 73.8 Å². The summed E-state index contributed by atoms with van der Waals surface area (Å²) in [7, 11) is 0. The van der Waals surface area contributed by atoms with E-state index in [0.717, 1.165) is 44.9 Å². The fourth-order valence-electron chi connectivity index (χ4n) is 8.21. The van der Waals surface area contributed by atoms with Gasteiger partial charge < -0.3 is 64.2 Å². The number of unbranched alkanes of at least 4 members (excludes halogenated alkanes) is 24. The Labute approximate surface area is 390 Å². The molecule has 0 saturated carbocycles. The zero-order valence-corrected chi connectivity index (χ0v) is 40.2. The van der Waals surface area contributed by atoms with E-state index in [1.807, 2.05) is 0 Å². The van der Waals surface area contributed by atoms with Crippen LogP contribution in [0.1, 0.15) is 200 Å². The third kappa shape index (κ3) is 26.5. The topological polar surface area (TPSA) is 231 Å². The highest BCUT2D eigenvalue weighted by Gasteiger charge is 2.47. The number of aliphatic hydroxyl groups is 7. The summed E-state index contributed by atoms with van der Waals surface area (Å²) in [4.78, 5) is 25.7. The lowest BCUT2D eigenvalue weighted by molar-refractivity contribution is -0.332. The van der Waals surface area contributed by atoms with E-state index in [0.29, 0.717) is 12.8 Å². The molecular formula is C50H92O15. The second-order valence-corrected chi connectivity index (χ2v) is 18.4. The minimum absolute atomic E-state index is 0.167. The molecule has 2 heterocycles. The number of ether oxygens (including phenoxy) is 6. The van der Waals surface area contributed by atoms with Crippen LogP contribution in [0.25, 0.3) is 0 Å². The summed E-state index contributed by atoms with van der Waals surface area (Å²) in [5.74, 6) is -0.920. The monoisotopic (exact) mass is 933 g/mol. The molecule has 0 aliphatic carbocycles. The fraction of sp³-hybridized carbons (Fsp3) is 0.920. The molecular weight excluding hydrogens is 841 g/mol. The van der Waals surface area contributed by atoms with Gasteiger partial charge in [-0.15, -0.1) is 0 Å². The predicted molar refractivity (Wildman–Crippen MR) is 248 cm³/mol. The highest BCUT2D eigenvalue weighted by molar-refractivity contribution is 5.70. The van der Waals surface area contributed by atoms with Crippen LogP contribution in [-0.4, -0.2) is 142 Å². The molecule has 2 fully saturated rings. The predicted octanol–water partition coefficient (Wildman–Crippen LogP) is 6.99. The number of carbonyl (C=O) groups excluding carboxylic acids is 2. The van der Waals surface area contributed by atoms with Crippen molar-refractivity contribution in [2.24, 2.45) is 0 Å². The maximum atomic E-state index is 13.0. The molecule has 11 atom stereocenters. The molecule has 15 heteroatoms. The maximum Gasteiger partial charge on any atom is 0.306 e. The smallest absolute Gasteiger partial charge is 0.306 e. The standard InChI is InChI=1S/C50H92O15/c1-3-5-7-9-11-13-15-16-17-18-19-20-21-22-23-25-27-29-31-33-42(53)63-38(35-60-41(52)32-30-28-26-24-14-12-10-8-6-4-2)36-61-49-48(59)46(57)44(55)40(65-49)37-62-50-47(58)45(56)43(54)39(34-51)64-50/h16-17,38-40,43-51,54-59H,3-15,18-37H2,1-2H3/b17-16+/t38-,39+,40+,43-,44-,45?,46?,47?,48?,49+,50+/m1/s1. The van der Waals surface area contributed by atoms with Crippen molar-refractivity contribution in [3.05, 3.63) is 12.2 Å². The summed E-state index contributed by atoms with van der Waals surface area (Å²) in [6.45, 7) is 2.58. The Morgan fingerprint density at radius 1 is 0.477 bits per heavy atom. The molecule has 2 rings (SSSR count). The minimum atomic E-state index is -1.76. The molecule has 0 radical (unpaired) electrons. The van der Waals surface area contributed by atoms with Gasteiger partial charge in [0, 0.05) is 12.8 Å². The Bertz CT molecular complexity index is 1190. The first-order valence-electron chi connectivity index (χ1n) is 25.8. The van der Waals surface area contributed by atoms with Gasteiger partial charge in [0.15, 0.2) is 18.7 Å².